The lowest BCUT2D eigenvalue weighted by Crippen LogP contribution is -2.49. The molecule has 1 saturated carbocycles. The Morgan fingerprint density at radius 1 is 1.20 bits per heavy atom. The van der Waals surface area contributed by atoms with Crippen LogP contribution in [0.25, 0.3) is 0 Å². The summed E-state index contributed by atoms with van der Waals surface area (Å²) >= 11 is 0. The van der Waals surface area contributed by atoms with Crippen molar-refractivity contribution in [3.8, 4) is 0 Å². The Morgan fingerprint density at radius 2 is 1.80 bits per heavy atom. The highest BCUT2D eigenvalue weighted by Gasteiger charge is 2.30. The molecule has 4 nitrogen and oxygen atoms in total. The largest absolute Gasteiger partial charge is 0.383 e. The fraction of sp³-hybridized carbons (Fsp3) is 0.938. The summed E-state index contributed by atoms with van der Waals surface area (Å²) in [5.41, 5.74) is 0. The number of carbonyl (C=O) groups excluding carboxylic acids is 1. The van der Waals surface area contributed by atoms with Crippen LogP contribution in [0.15, 0.2) is 0 Å². The molecule has 0 aromatic rings. The molecule has 0 radical (unpaired) electrons. The first-order valence-electron chi connectivity index (χ1n) is 8.10. The van der Waals surface area contributed by atoms with E-state index in [1.54, 1.807) is 0 Å². The maximum absolute atomic E-state index is 12.1. The summed E-state index contributed by atoms with van der Waals surface area (Å²) in [4.78, 5) is 12.1. The minimum Gasteiger partial charge on any atom is -0.383 e. The Hall–Kier alpha value is -0.610. The Bertz CT molecular complexity index is 288. The SMILES string of the molecule is CNC(C(C)C)C(C)C(O)C(=O)NCC1CCCCC1. The summed E-state index contributed by atoms with van der Waals surface area (Å²) < 4.78 is 0. The van der Waals surface area contributed by atoms with E-state index >= 15 is 0 Å². The lowest BCUT2D eigenvalue weighted by molar-refractivity contribution is -0.132. The first-order chi connectivity index (χ1) is 9.47. The van der Waals surface area contributed by atoms with Crippen LogP contribution in [0.4, 0.5) is 0 Å². The number of hydrogen-bond acceptors (Lipinski definition) is 3. The monoisotopic (exact) mass is 284 g/mol. The van der Waals surface area contributed by atoms with Crippen LogP contribution >= 0.6 is 0 Å². The van der Waals surface area contributed by atoms with E-state index in [0.717, 1.165) is 0 Å². The third kappa shape index (κ3) is 5.06. The number of amides is 1. The summed E-state index contributed by atoms with van der Waals surface area (Å²) in [5.74, 6) is 0.673. The molecule has 0 spiro atoms. The molecule has 4 heteroatoms. The van der Waals surface area contributed by atoms with Crippen molar-refractivity contribution in [2.24, 2.45) is 17.8 Å². The van der Waals surface area contributed by atoms with Crippen LogP contribution in [0.1, 0.15) is 52.9 Å². The van der Waals surface area contributed by atoms with Gasteiger partial charge in [-0.1, -0.05) is 40.0 Å². The average molecular weight is 284 g/mol. The molecule has 1 amide bonds. The molecule has 3 N–H and O–H groups in total. The predicted molar refractivity (Wildman–Crippen MR) is 82.4 cm³/mol. The van der Waals surface area contributed by atoms with E-state index in [0.29, 0.717) is 18.4 Å². The highest BCUT2D eigenvalue weighted by atomic mass is 16.3. The number of carbonyl (C=O) groups is 1. The quantitative estimate of drug-likeness (QED) is 0.669. The van der Waals surface area contributed by atoms with E-state index in [1.807, 2.05) is 14.0 Å². The van der Waals surface area contributed by atoms with Crippen LogP contribution in [0.5, 0.6) is 0 Å². The van der Waals surface area contributed by atoms with Crippen LogP contribution < -0.4 is 10.6 Å². The van der Waals surface area contributed by atoms with Crippen molar-refractivity contribution in [1.82, 2.24) is 10.6 Å². The molecule has 1 aliphatic carbocycles. The van der Waals surface area contributed by atoms with Crippen LogP contribution in [0.3, 0.4) is 0 Å². The van der Waals surface area contributed by atoms with Gasteiger partial charge >= 0.3 is 0 Å². The molecule has 20 heavy (non-hydrogen) atoms. The average Bonchev–Trinajstić information content (AvgIpc) is 2.45. The van der Waals surface area contributed by atoms with Gasteiger partial charge in [0.2, 0.25) is 5.91 Å². The molecule has 3 unspecified atom stereocenters. The molecule has 1 rings (SSSR count). The summed E-state index contributed by atoms with van der Waals surface area (Å²) in [6, 6.07) is 0.144. The van der Waals surface area contributed by atoms with Gasteiger partial charge in [0, 0.05) is 18.5 Å². The molecule has 0 aliphatic heterocycles. The van der Waals surface area contributed by atoms with E-state index in [-0.39, 0.29) is 17.9 Å². The molecule has 118 valence electrons. The van der Waals surface area contributed by atoms with E-state index in [9.17, 15) is 9.90 Å². The molecule has 0 aromatic heterocycles. The third-order valence-electron chi connectivity index (χ3n) is 4.67. The van der Waals surface area contributed by atoms with Crippen molar-refractivity contribution in [3.05, 3.63) is 0 Å². The topological polar surface area (TPSA) is 61.4 Å². The maximum atomic E-state index is 12.1. The van der Waals surface area contributed by atoms with Crippen LogP contribution in [-0.2, 0) is 4.79 Å². The smallest absolute Gasteiger partial charge is 0.249 e. The van der Waals surface area contributed by atoms with Gasteiger partial charge in [0.15, 0.2) is 0 Å². The predicted octanol–water partition coefficient (Wildman–Crippen LogP) is 1.92. The molecule has 3 atom stereocenters. The fourth-order valence-corrected chi connectivity index (χ4v) is 3.38. The van der Waals surface area contributed by atoms with Gasteiger partial charge < -0.3 is 15.7 Å². The van der Waals surface area contributed by atoms with Crippen LogP contribution in [0, 0.1) is 17.8 Å². The Balaban J connectivity index is 2.40. The molecule has 0 bridgehead atoms. The Morgan fingerprint density at radius 3 is 2.30 bits per heavy atom. The Kier molecular flexibility index (Phi) is 7.52. The van der Waals surface area contributed by atoms with Crippen molar-refractivity contribution in [1.29, 1.82) is 0 Å². The third-order valence-corrected chi connectivity index (χ3v) is 4.67. The normalized spacial score (nSPS) is 21.5. The van der Waals surface area contributed by atoms with E-state index < -0.39 is 6.10 Å². The second-order valence-corrected chi connectivity index (χ2v) is 6.61. The Labute approximate surface area is 123 Å². The first kappa shape index (κ1) is 17.4. The highest BCUT2D eigenvalue weighted by molar-refractivity contribution is 5.80. The van der Waals surface area contributed by atoms with Gasteiger partial charge in [0.05, 0.1) is 0 Å². The van der Waals surface area contributed by atoms with Crippen LogP contribution in [0.2, 0.25) is 0 Å². The van der Waals surface area contributed by atoms with Gasteiger partial charge in [-0.2, -0.15) is 0 Å². The number of nitrogens with one attached hydrogen (secondary N) is 2. The zero-order valence-electron chi connectivity index (χ0n) is 13.5. The summed E-state index contributed by atoms with van der Waals surface area (Å²) in [6.07, 6.45) is 5.35. The van der Waals surface area contributed by atoms with Crippen molar-refractivity contribution < 1.29 is 9.90 Å². The summed E-state index contributed by atoms with van der Waals surface area (Å²) in [6.45, 7) is 6.86. The van der Waals surface area contributed by atoms with Gasteiger partial charge in [0.1, 0.15) is 6.10 Å². The van der Waals surface area contributed by atoms with E-state index in [4.69, 9.17) is 0 Å². The molecule has 1 fully saturated rings. The van der Waals surface area contributed by atoms with Gasteiger partial charge in [-0.15, -0.1) is 0 Å². The van der Waals surface area contributed by atoms with Crippen molar-refractivity contribution in [2.75, 3.05) is 13.6 Å². The summed E-state index contributed by atoms with van der Waals surface area (Å²) in [7, 11) is 1.88. The molecule has 0 aromatic carbocycles. The first-order valence-corrected chi connectivity index (χ1v) is 8.10. The number of aliphatic hydroxyl groups excluding tert-OH is 1. The van der Waals surface area contributed by atoms with Crippen LogP contribution in [-0.4, -0.2) is 36.8 Å². The molecule has 0 heterocycles. The lowest BCUT2D eigenvalue weighted by atomic mass is 9.87. The standard InChI is InChI=1S/C16H32N2O2/c1-11(2)14(17-4)12(3)15(19)16(20)18-10-13-8-6-5-7-9-13/h11-15,17,19H,5-10H2,1-4H3,(H,18,20). The molecule has 1 aliphatic rings. The molecular weight excluding hydrogens is 252 g/mol. The second kappa shape index (κ2) is 8.63. The van der Waals surface area contributed by atoms with E-state index in [2.05, 4.69) is 24.5 Å². The number of rotatable bonds is 7. The highest BCUT2D eigenvalue weighted by Crippen LogP contribution is 2.23. The van der Waals surface area contributed by atoms with Crippen molar-refractivity contribution in [2.45, 2.75) is 65.0 Å². The minimum absolute atomic E-state index is 0.0913. The summed E-state index contributed by atoms with van der Waals surface area (Å²) in [5, 5.41) is 16.4. The minimum atomic E-state index is -0.932. The van der Waals surface area contributed by atoms with Gasteiger partial charge in [-0.25, -0.2) is 0 Å². The zero-order chi connectivity index (χ0) is 15.1. The maximum Gasteiger partial charge on any atom is 0.249 e. The molecule has 0 saturated heterocycles. The van der Waals surface area contributed by atoms with Crippen molar-refractivity contribution >= 4 is 5.91 Å². The second-order valence-electron chi connectivity index (χ2n) is 6.61. The van der Waals surface area contributed by atoms with E-state index in [1.165, 1.54) is 32.1 Å². The number of hydrogen-bond donors (Lipinski definition) is 3. The molecular formula is C16H32N2O2. The zero-order valence-corrected chi connectivity index (χ0v) is 13.5. The van der Waals surface area contributed by atoms with Crippen molar-refractivity contribution in [3.63, 3.8) is 0 Å². The van der Waals surface area contributed by atoms with Gasteiger partial charge in [0.25, 0.3) is 0 Å². The van der Waals surface area contributed by atoms with Gasteiger partial charge in [-0.3, -0.25) is 4.79 Å². The lowest BCUT2D eigenvalue weighted by Gasteiger charge is -2.30. The van der Waals surface area contributed by atoms with Gasteiger partial charge in [-0.05, 0) is 31.7 Å². The number of aliphatic hydroxyl groups is 1. The fourth-order valence-electron chi connectivity index (χ4n) is 3.38.